The van der Waals surface area contributed by atoms with E-state index in [-0.39, 0.29) is 17.9 Å². The second-order valence-corrected chi connectivity index (χ2v) is 3.73. The van der Waals surface area contributed by atoms with Crippen molar-refractivity contribution < 1.29 is 18.3 Å². The lowest BCUT2D eigenvalue weighted by atomic mass is 10.2. The number of nitrogens with zero attached hydrogens (tertiary/aromatic N) is 3. The van der Waals surface area contributed by atoms with Crippen LogP contribution < -0.4 is 4.90 Å². The second-order valence-electron chi connectivity index (χ2n) is 3.73. The first-order valence-corrected chi connectivity index (χ1v) is 5.17. The quantitative estimate of drug-likeness (QED) is 0.892. The Morgan fingerprint density at radius 1 is 1.44 bits per heavy atom. The van der Waals surface area contributed by atoms with E-state index in [1.165, 1.54) is 12.1 Å². The maximum atomic E-state index is 12.4. The lowest BCUT2D eigenvalue weighted by molar-refractivity contribution is -0.120. The monoisotopic (exact) mass is 259 g/mol. The fraction of sp³-hybridized carbons (Fsp3) is 0.455. The Morgan fingerprint density at radius 2 is 2.11 bits per heavy atom. The van der Waals surface area contributed by atoms with Crippen LogP contribution in [-0.4, -0.2) is 36.0 Å². The molecule has 4 nitrogen and oxygen atoms in total. The number of nitriles is 1. The third-order valence-corrected chi connectivity index (χ3v) is 2.13. The first-order valence-electron chi connectivity index (χ1n) is 5.17. The molecule has 0 atom stereocenters. The number of anilines is 1. The highest BCUT2D eigenvalue weighted by Crippen LogP contribution is 2.21. The summed E-state index contributed by atoms with van der Waals surface area (Å²) in [7, 11) is 0. The number of aliphatic hydroxyl groups excluding tert-OH is 1. The van der Waals surface area contributed by atoms with Gasteiger partial charge in [0.15, 0.2) is 0 Å². The number of rotatable bonds is 4. The van der Waals surface area contributed by atoms with E-state index in [0.717, 1.165) is 4.90 Å². The molecule has 0 saturated carbocycles. The van der Waals surface area contributed by atoms with Crippen molar-refractivity contribution >= 4 is 5.82 Å². The van der Waals surface area contributed by atoms with Gasteiger partial charge in [-0.25, -0.2) is 4.98 Å². The largest absolute Gasteiger partial charge is 0.405 e. The van der Waals surface area contributed by atoms with Crippen LogP contribution in [0.25, 0.3) is 0 Å². The van der Waals surface area contributed by atoms with Gasteiger partial charge in [-0.15, -0.1) is 0 Å². The Bertz CT molecular complexity index is 454. The molecule has 0 bridgehead atoms. The Morgan fingerprint density at radius 3 is 2.61 bits per heavy atom. The minimum atomic E-state index is -4.40. The van der Waals surface area contributed by atoms with Crippen LogP contribution in [0.2, 0.25) is 0 Å². The van der Waals surface area contributed by atoms with Gasteiger partial charge in [-0.1, -0.05) is 0 Å². The molecule has 0 aliphatic heterocycles. The highest BCUT2D eigenvalue weighted by Gasteiger charge is 2.31. The molecule has 0 spiro atoms. The van der Waals surface area contributed by atoms with Crippen molar-refractivity contribution in [3.05, 3.63) is 23.4 Å². The van der Waals surface area contributed by atoms with E-state index in [4.69, 9.17) is 10.4 Å². The summed E-state index contributed by atoms with van der Waals surface area (Å²) in [6.07, 6.45) is -4.40. The van der Waals surface area contributed by atoms with Crippen LogP contribution in [0.5, 0.6) is 0 Å². The van der Waals surface area contributed by atoms with Crippen LogP contribution in [-0.2, 0) is 0 Å². The number of hydrogen-bond acceptors (Lipinski definition) is 4. The SMILES string of the molecule is Cc1cc(C#N)cc(N(CCO)CC(F)(F)F)n1. The predicted octanol–water partition coefficient (Wildman–Crippen LogP) is 1.62. The average molecular weight is 259 g/mol. The molecule has 1 rings (SSSR count). The van der Waals surface area contributed by atoms with Crippen molar-refractivity contribution in [2.24, 2.45) is 0 Å². The maximum Gasteiger partial charge on any atom is 0.405 e. The fourth-order valence-electron chi connectivity index (χ4n) is 1.49. The number of aromatic nitrogens is 1. The molecule has 98 valence electrons. The summed E-state index contributed by atoms with van der Waals surface area (Å²) in [5.41, 5.74) is 0.691. The molecule has 0 aromatic carbocycles. The van der Waals surface area contributed by atoms with Gasteiger partial charge >= 0.3 is 6.18 Å². The van der Waals surface area contributed by atoms with Crippen LogP contribution in [0.1, 0.15) is 11.3 Å². The molecule has 0 aliphatic carbocycles. The third kappa shape index (κ3) is 4.22. The normalized spacial score (nSPS) is 11.1. The Hall–Kier alpha value is -1.81. The minimum absolute atomic E-state index is 0.0397. The van der Waals surface area contributed by atoms with Crippen molar-refractivity contribution in [3.63, 3.8) is 0 Å². The van der Waals surface area contributed by atoms with Gasteiger partial charge in [-0.3, -0.25) is 0 Å². The lowest BCUT2D eigenvalue weighted by Crippen LogP contribution is -2.37. The standard InChI is InChI=1S/C11H12F3N3O/c1-8-4-9(6-15)5-10(16-8)17(2-3-18)7-11(12,13)14/h4-5,18H,2-3,7H2,1H3. The number of halogens is 3. The van der Waals surface area contributed by atoms with E-state index in [1.807, 2.05) is 6.07 Å². The van der Waals surface area contributed by atoms with Crippen LogP contribution in [0.3, 0.4) is 0 Å². The summed E-state index contributed by atoms with van der Waals surface area (Å²) < 4.78 is 37.1. The number of hydrogen-bond donors (Lipinski definition) is 1. The summed E-state index contributed by atoms with van der Waals surface area (Å²) in [4.78, 5) is 4.85. The van der Waals surface area contributed by atoms with E-state index in [1.54, 1.807) is 6.92 Å². The number of aryl methyl sites for hydroxylation is 1. The van der Waals surface area contributed by atoms with E-state index in [9.17, 15) is 13.2 Å². The molecule has 0 amide bonds. The van der Waals surface area contributed by atoms with Gasteiger partial charge in [-0.2, -0.15) is 18.4 Å². The van der Waals surface area contributed by atoms with E-state index >= 15 is 0 Å². The third-order valence-electron chi connectivity index (χ3n) is 2.13. The zero-order valence-electron chi connectivity index (χ0n) is 9.70. The molecule has 7 heteroatoms. The van der Waals surface area contributed by atoms with Crippen LogP contribution in [0.4, 0.5) is 19.0 Å². The number of alkyl halides is 3. The van der Waals surface area contributed by atoms with Crippen molar-refractivity contribution in [1.82, 2.24) is 4.98 Å². The van der Waals surface area contributed by atoms with Crippen LogP contribution >= 0.6 is 0 Å². The fourth-order valence-corrected chi connectivity index (χ4v) is 1.49. The van der Waals surface area contributed by atoms with Gasteiger partial charge in [0.2, 0.25) is 0 Å². The minimum Gasteiger partial charge on any atom is -0.395 e. The molecule has 1 aromatic heterocycles. The number of aliphatic hydroxyl groups is 1. The van der Waals surface area contributed by atoms with Crippen LogP contribution in [0, 0.1) is 18.3 Å². The zero-order valence-corrected chi connectivity index (χ0v) is 9.70. The number of pyridine rings is 1. The molecular weight excluding hydrogens is 247 g/mol. The van der Waals surface area contributed by atoms with Gasteiger partial charge < -0.3 is 10.0 Å². The first kappa shape index (κ1) is 14.3. The molecule has 0 aliphatic rings. The molecule has 1 N–H and O–H groups in total. The summed E-state index contributed by atoms with van der Waals surface area (Å²) >= 11 is 0. The van der Waals surface area contributed by atoms with Crippen molar-refractivity contribution in [3.8, 4) is 6.07 Å². The van der Waals surface area contributed by atoms with E-state index in [0.29, 0.717) is 5.69 Å². The van der Waals surface area contributed by atoms with Gasteiger partial charge in [0.05, 0.1) is 18.2 Å². The van der Waals surface area contributed by atoms with Crippen molar-refractivity contribution in [2.75, 3.05) is 24.6 Å². The summed E-state index contributed by atoms with van der Waals surface area (Å²) in [6, 6.07) is 4.61. The van der Waals surface area contributed by atoms with Gasteiger partial charge in [0.1, 0.15) is 12.4 Å². The smallest absolute Gasteiger partial charge is 0.395 e. The summed E-state index contributed by atoms with van der Waals surface area (Å²) in [5, 5.41) is 17.6. The second kappa shape index (κ2) is 5.69. The maximum absolute atomic E-state index is 12.4. The van der Waals surface area contributed by atoms with Gasteiger partial charge in [-0.05, 0) is 19.1 Å². The molecule has 0 fully saturated rings. The average Bonchev–Trinajstić information content (AvgIpc) is 2.26. The first-order chi connectivity index (χ1) is 8.35. The molecule has 18 heavy (non-hydrogen) atoms. The Labute approximate surface area is 102 Å². The highest BCUT2D eigenvalue weighted by molar-refractivity contribution is 5.46. The Balaban J connectivity index is 3.05. The lowest BCUT2D eigenvalue weighted by Gasteiger charge is -2.24. The molecule has 1 aromatic rings. The topological polar surface area (TPSA) is 60.2 Å². The predicted molar refractivity (Wildman–Crippen MR) is 59.0 cm³/mol. The zero-order chi connectivity index (χ0) is 13.8. The molecule has 0 saturated heterocycles. The van der Waals surface area contributed by atoms with E-state index in [2.05, 4.69) is 4.98 Å². The molecule has 0 unspecified atom stereocenters. The van der Waals surface area contributed by atoms with Gasteiger partial charge in [0.25, 0.3) is 0 Å². The van der Waals surface area contributed by atoms with Crippen molar-refractivity contribution in [2.45, 2.75) is 13.1 Å². The molecule has 0 radical (unpaired) electrons. The Kier molecular flexibility index (Phi) is 4.50. The molecule has 1 heterocycles. The van der Waals surface area contributed by atoms with E-state index < -0.39 is 19.3 Å². The van der Waals surface area contributed by atoms with Gasteiger partial charge in [0, 0.05) is 12.2 Å². The summed E-state index contributed by atoms with van der Waals surface area (Å²) in [6.45, 7) is -0.238. The van der Waals surface area contributed by atoms with Crippen molar-refractivity contribution in [1.29, 1.82) is 5.26 Å². The van der Waals surface area contributed by atoms with Crippen LogP contribution in [0.15, 0.2) is 12.1 Å². The molecular formula is C11H12F3N3O. The highest BCUT2D eigenvalue weighted by atomic mass is 19.4. The summed E-state index contributed by atoms with van der Waals surface area (Å²) in [5.74, 6) is 0.0397.